The molecule has 2 atom stereocenters. The largest absolute Gasteiger partial charge is 0.352 e. The summed E-state index contributed by atoms with van der Waals surface area (Å²) in [5.41, 5.74) is 0.867. The Morgan fingerprint density at radius 3 is 3.00 bits per heavy atom. The fraction of sp³-hybridized carbons (Fsp3) is 0.500. The molecular formula is C18H26ClN2O+. The van der Waals surface area contributed by atoms with Crippen molar-refractivity contribution in [1.82, 2.24) is 5.32 Å². The Morgan fingerprint density at radius 1 is 1.41 bits per heavy atom. The van der Waals surface area contributed by atoms with Crippen LogP contribution in [-0.4, -0.2) is 31.6 Å². The predicted octanol–water partition coefficient (Wildman–Crippen LogP) is 2.32. The first-order chi connectivity index (χ1) is 10.7. The molecule has 2 rings (SSSR count). The van der Waals surface area contributed by atoms with Gasteiger partial charge in [-0.1, -0.05) is 29.8 Å². The Kier molecular flexibility index (Phi) is 6.94. The summed E-state index contributed by atoms with van der Waals surface area (Å²) >= 11 is 6.05. The number of piperidine rings is 1. The number of carbonyl (C=O) groups excluding carboxylic acids is 1. The van der Waals surface area contributed by atoms with Crippen molar-refractivity contribution in [3.05, 3.63) is 40.9 Å². The van der Waals surface area contributed by atoms with Gasteiger partial charge in [0.2, 0.25) is 5.91 Å². The predicted molar refractivity (Wildman–Crippen MR) is 92.1 cm³/mol. The molecule has 1 saturated heterocycles. The van der Waals surface area contributed by atoms with Crippen LogP contribution in [0.25, 0.3) is 6.08 Å². The zero-order chi connectivity index (χ0) is 15.8. The van der Waals surface area contributed by atoms with Gasteiger partial charge in [0, 0.05) is 24.1 Å². The Bertz CT molecular complexity index is 516. The number of amides is 1. The van der Waals surface area contributed by atoms with Crippen LogP contribution in [0.4, 0.5) is 0 Å². The lowest BCUT2D eigenvalue weighted by atomic mass is 10.0. The minimum atomic E-state index is -0.0541. The van der Waals surface area contributed by atoms with E-state index in [-0.39, 0.29) is 5.91 Å². The number of rotatable bonds is 6. The van der Waals surface area contributed by atoms with Crippen LogP contribution >= 0.6 is 11.6 Å². The molecule has 0 spiro atoms. The Labute approximate surface area is 138 Å². The number of benzene rings is 1. The summed E-state index contributed by atoms with van der Waals surface area (Å²) in [5.74, 6) is -0.0541. The average Bonchev–Trinajstić information content (AvgIpc) is 2.52. The van der Waals surface area contributed by atoms with E-state index in [1.54, 1.807) is 17.1 Å². The maximum atomic E-state index is 11.8. The molecule has 1 unspecified atom stereocenters. The first-order valence-corrected chi connectivity index (χ1v) is 8.59. The molecule has 0 aliphatic carbocycles. The SMILES string of the molecule is C[C@@H]1CCCC[NH+]1CCCNC(=O)/C=C/c1ccccc1Cl. The number of quaternary nitrogens is 1. The maximum absolute atomic E-state index is 11.8. The zero-order valence-corrected chi connectivity index (χ0v) is 14.0. The first kappa shape index (κ1) is 17.0. The topological polar surface area (TPSA) is 33.5 Å². The molecule has 1 aliphatic heterocycles. The van der Waals surface area contributed by atoms with Gasteiger partial charge in [-0.15, -0.1) is 0 Å². The van der Waals surface area contributed by atoms with Crippen LogP contribution in [0.2, 0.25) is 5.02 Å². The van der Waals surface area contributed by atoms with Gasteiger partial charge in [0.1, 0.15) is 0 Å². The van der Waals surface area contributed by atoms with Crippen LogP contribution < -0.4 is 10.2 Å². The minimum absolute atomic E-state index is 0.0541. The van der Waals surface area contributed by atoms with Gasteiger partial charge in [0.15, 0.2) is 0 Å². The fourth-order valence-electron chi connectivity index (χ4n) is 2.99. The lowest BCUT2D eigenvalue weighted by molar-refractivity contribution is -0.928. The molecule has 1 aromatic carbocycles. The van der Waals surface area contributed by atoms with E-state index in [2.05, 4.69) is 12.2 Å². The molecule has 0 bridgehead atoms. The summed E-state index contributed by atoms with van der Waals surface area (Å²) in [4.78, 5) is 13.5. The molecule has 22 heavy (non-hydrogen) atoms. The van der Waals surface area contributed by atoms with Crippen molar-refractivity contribution in [3.63, 3.8) is 0 Å². The van der Waals surface area contributed by atoms with Gasteiger partial charge in [0.25, 0.3) is 0 Å². The van der Waals surface area contributed by atoms with Gasteiger partial charge >= 0.3 is 0 Å². The lowest BCUT2D eigenvalue weighted by Crippen LogP contribution is -3.16. The number of halogens is 1. The van der Waals surface area contributed by atoms with Crippen molar-refractivity contribution < 1.29 is 9.69 Å². The van der Waals surface area contributed by atoms with Gasteiger partial charge < -0.3 is 10.2 Å². The van der Waals surface area contributed by atoms with E-state index in [9.17, 15) is 4.79 Å². The summed E-state index contributed by atoms with van der Waals surface area (Å²) in [6.45, 7) is 5.50. The fourth-order valence-corrected chi connectivity index (χ4v) is 3.18. The van der Waals surface area contributed by atoms with Gasteiger partial charge in [0.05, 0.1) is 19.1 Å². The van der Waals surface area contributed by atoms with Crippen LogP contribution in [0.1, 0.15) is 38.2 Å². The summed E-state index contributed by atoms with van der Waals surface area (Å²) < 4.78 is 0. The summed E-state index contributed by atoms with van der Waals surface area (Å²) in [7, 11) is 0. The van der Waals surface area contributed by atoms with E-state index >= 15 is 0 Å². The van der Waals surface area contributed by atoms with E-state index in [0.29, 0.717) is 5.02 Å². The monoisotopic (exact) mass is 321 g/mol. The smallest absolute Gasteiger partial charge is 0.244 e. The molecular weight excluding hydrogens is 296 g/mol. The summed E-state index contributed by atoms with van der Waals surface area (Å²) in [5, 5.41) is 3.61. The second kappa shape index (κ2) is 8.96. The van der Waals surface area contributed by atoms with Crippen molar-refractivity contribution in [2.24, 2.45) is 0 Å². The number of carbonyl (C=O) groups is 1. The molecule has 2 N–H and O–H groups in total. The molecule has 1 aliphatic rings. The van der Waals surface area contributed by atoms with Crippen LogP contribution in [-0.2, 0) is 4.79 Å². The summed E-state index contributed by atoms with van der Waals surface area (Å²) in [6.07, 6.45) is 8.39. The van der Waals surface area contributed by atoms with E-state index in [1.165, 1.54) is 25.8 Å². The van der Waals surface area contributed by atoms with Crippen LogP contribution in [0.5, 0.6) is 0 Å². The van der Waals surface area contributed by atoms with E-state index in [0.717, 1.165) is 31.1 Å². The number of hydrogen-bond acceptors (Lipinski definition) is 1. The average molecular weight is 322 g/mol. The third-order valence-electron chi connectivity index (χ3n) is 4.38. The van der Waals surface area contributed by atoms with Gasteiger partial charge in [-0.25, -0.2) is 0 Å². The van der Waals surface area contributed by atoms with Gasteiger partial charge in [-0.3, -0.25) is 4.79 Å². The highest BCUT2D eigenvalue weighted by molar-refractivity contribution is 6.32. The second-order valence-electron chi connectivity index (χ2n) is 6.05. The minimum Gasteiger partial charge on any atom is -0.352 e. The van der Waals surface area contributed by atoms with Crippen molar-refractivity contribution >= 4 is 23.6 Å². The molecule has 0 aromatic heterocycles. The molecule has 1 amide bonds. The molecule has 4 heteroatoms. The highest BCUT2D eigenvalue weighted by Gasteiger charge is 2.20. The Balaban J connectivity index is 1.66. The third kappa shape index (κ3) is 5.47. The Morgan fingerprint density at radius 2 is 2.23 bits per heavy atom. The first-order valence-electron chi connectivity index (χ1n) is 8.22. The van der Waals surface area contributed by atoms with Crippen molar-refractivity contribution in [2.45, 2.75) is 38.6 Å². The number of hydrogen-bond donors (Lipinski definition) is 2. The van der Waals surface area contributed by atoms with E-state index in [1.807, 2.05) is 24.3 Å². The maximum Gasteiger partial charge on any atom is 0.244 e. The molecule has 0 saturated carbocycles. The number of nitrogens with one attached hydrogen (secondary N) is 2. The van der Waals surface area contributed by atoms with Crippen molar-refractivity contribution in [2.75, 3.05) is 19.6 Å². The third-order valence-corrected chi connectivity index (χ3v) is 4.72. The molecule has 120 valence electrons. The molecule has 0 radical (unpaired) electrons. The summed E-state index contributed by atoms with van der Waals surface area (Å²) in [6, 6.07) is 8.27. The van der Waals surface area contributed by atoms with Crippen LogP contribution in [0, 0.1) is 0 Å². The van der Waals surface area contributed by atoms with Gasteiger partial charge in [-0.05, 0) is 43.9 Å². The molecule has 1 fully saturated rings. The highest BCUT2D eigenvalue weighted by Crippen LogP contribution is 2.15. The zero-order valence-electron chi connectivity index (χ0n) is 13.3. The Hall–Kier alpha value is -1.32. The van der Waals surface area contributed by atoms with E-state index in [4.69, 9.17) is 11.6 Å². The lowest BCUT2D eigenvalue weighted by Gasteiger charge is -2.30. The van der Waals surface area contributed by atoms with Crippen LogP contribution in [0.15, 0.2) is 30.3 Å². The number of likely N-dealkylation sites (tertiary alicyclic amines) is 1. The van der Waals surface area contributed by atoms with Gasteiger partial charge in [-0.2, -0.15) is 0 Å². The van der Waals surface area contributed by atoms with Crippen molar-refractivity contribution in [1.29, 1.82) is 0 Å². The van der Waals surface area contributed by atoms with Crippen LogP contribution in [0.3, 0.4) is 0 Å². The molecule has 1 heterocycles. The van der Waals surface area contributed by atoms with Crippen molar-refractivity contribution in [3.8, 4) is 0 Å². The molecule has 3 nitrogen and oxygen atoms in total. The highest BCUT2D eigenvalue weighted by atomic mass is 35.5. The molecule has 1 aromatic rings. The van der Waals surface area contributed by atoms with E-state index < -0.39 is 0 Å². The quantitative estimate of drug-likeness (QED) is 0.612. The standard InChI is InChI=1S/C18H25ClN2O/c1-15-7-4-5-13-21(15)14-6-12-20-18(22)11-10-16-8-2-3-9-17(16)19/h2-3,8-11,15H,4-7,12-14H2,1H3,(H,20,22)/p+1/b11-10+/t15-/m1/s1. The normalized spacial score (nSPS) is 21.9. The second-order valence-corrected chi connectivity index (χ2v) is 6.46.